The third-order valence-electron chi connectivity index (χ3n) is 6.26. The van der Waals surface area contributed by atoms with Crippen molar-refractivity contribution < 1.29 is 9.53 Å². The largest absolute Gasteiger partial charge is 0.457 e. The maximum absolute atomic E-state index is 13.0. The maximum Gasteiger partial charge on any atom is 0.288 e. The molecule has 5 rings (SSSR count). The number of fused-ring (bicyclic) bond motifs is 1. The molecule has 0 bridgehead atoms. The fourth-order valence-corrected chi connectivity index (χ4v) is 5.09. The molecule has 1 aliphatic heterocycles. The summed E-state index contributed by atoms with van der Waals surface area (Å²) in [7, 11) is 0. The van der Waals surface area contributed by atoms with Crippen molar-refractivity contribution in [2.75, 3.05) is 18.8 Å². The van der Waals surface area contributed by atoms with Gasteiger partial charge in [-0.05, 0) is 48.7 Å². The number of rotatable bonds is 5. The van der Waals surface area contributed by atoms with Crippen LogP contribution in [0.15, 0.2) is 72.0 Å². The number of nitrogens with two attached hydrogens (primary N) is 1. The SMILES string of the molecule is C=CC(=O)N1CCC[C@@H](n2c(Cl)c(-c3ccc(Oc4ccccc4)cc3)c3c(N)n[nH]c(=O)c32)C1. The first-order valence-corrected chi connectivity index (χ1v) is 11.7. The van der Waals surface area contributed by atoms with Crippen molar-refractivity contribution in [3.63, 3.8) is 0 Å². The van der Waals surface area contributed by atoms with Crippen LogP contribution in [-0.2, 0) is 4.79 Å². The predicted octanol–water partition coefficient (Wildman–Crippen LogP) is 4.77. The molecular weight excluding hydrogens is 466 g/mol. The minimum atomic E-state index is -0.390. The molecule has 1 fully saturated rings. The van der Waals surface area contributed by atoms with Crippen LogP contribution in [0.25, 0.3) is 22.0 Å². The summed E-state index contributed by atoms with van der Waals surface area (Å²) in [5.41, 5.74) is 7.60. The second-order valence-electron chi connectivity index (χ2n) is 8.42. The second-order valence-corrected chi connectivity index (χ2v) is 8.78. The molecule has 2 aromatic heterocycles. The molecule has 0 unspecified atom stereocenters. The van der Waals surface area contributed by atoms with E-state index in [1.807, 2.05) is 54.6 Å². The van der Waals surface area contributed by atoms with Gasteiger partial charge in [0, 0.05) is 18.7 Å². The number of halogens is 1. The van der Waals surface area contributed by atoms with Gasteiger partial charge in [0.15, 0.2) is 5.82 Å². The lowest BCUT2D eigenvalue weighted by molar-refractivity contribution is -0.127. The van der Waals surface area contributed by atoms with Crippen LogP contribution in [0.1, 0.15) is 18.9 Å². The third-order valence-corrected chi connectivity index (χ3v) is 6.64. The standard InChI is InChI=1S/C26H24ClN5O3/c1-2-20(33)31-14-6-7-17(15-31)32-23-22(25(28)29-30-26(23)34)21(24(32)27)16-10-12-19(13-11-16)35-18-8-4-3-5-9-18/h2-5,8-13,17H,1,6-7,14-15H2,(H2,28,29)(H,30,34)/t17-/m1/s1. The molecule has 0 radical (unpaired) electrons. The topological polar surface area (TPSA) is 106 Å². The molecular formula is C26H24ClN5O3. The minimum absolute atomic E-state index is 0.147. The summed E-state index contributed by atoms with van der Waals surface area (Å²) in [5.74, 6) is 1.42. The van der Waals surface area contributed by atoms with Crippen molar-refractivity contribution in [1.82, 2.24) is 19.7 Å². The van der Waals surface area contributed by atoms with Gasteiger partial charge in [0.1, 0.15) is 22.2 Å². The van der Waals surface area contributed by atoms with Gasteiger partial charge in [0.05, 0.1) is 11.4 Å². The summed E-state index contributed by atoms with van der Waals surface area (Å²) < 4.78 is 7.69. The molecule has 2 aromatic carbocycles. The van der Waals surface area contributed by atoms with Crippen LogP contribution in [0.2, 0.25) is 5.15 Å². The zero-order valence-electron chi connectivity index (χ0n) is 18.9. The summed E-state index contributed by atoms with van der Waals surface area (Å²) in [6.45, 7) is 4.64. The minimum Gasteiger partial charge on any atom is -0.457 e. The summed E-state index contributed by atoms with van der Waals surface area (Å²) in [5, 5.41) is 7.32. The number of aromatic amines is 1. The van der Waals surface area contributed by atoms with Crippen molar-refractivity contribution in [2.45, 2.75) is 18.9 Å². The number of nitrogens with one attached hydrogen (secondary N) is 1. The van der Waals surface area contributed by atoms with Gasteiger partial charge in [-0.15, -0.1) is 0 Å². The average Bonchev–Trinajstić information content (AvgIpc) is 3.21. The smallest absolute Gasteiger partial charge is 0.288 e. The lowest BCUT2D eigenvalue weighted by Gasteiger charge is -2.33. The summed E-state index contributed by atoms with van der Waals surface area (Å²) in [6, 6.07) is 16.7. The molecule has 35 heavy (non-hydrogen) atoms. The number of likely N-dealkylation sites (tertiary alicyclic amines) is 1. The highest BCUT2D eigenvalue weighted by molar-refractivity contribution is 6.35. The van der Waals surface area contributed by atoms with Gasteiger partial charge in [-0.2, -0.15) is 5.10 Å². The third kappa shape index (κ3) is 4.17. The van der Waals surface area contributed by atoms with E-state index in [1.54, 1.807) is 9.47 Å². The van der Waals surface area contributed by atoms with Crippen molar-refractivity contribution in [2.24, 2.45) is 0 Å². The first-order chi connectivity index (χ1) is 17.0. The Morgan fingerprint density at radius 1 is 1.17 bits per heavy atom. The van der Waals surface area contributed by atoms with E-state index in [-0.39, 0.29) is 17.8 Å². The van der Waals surface area contributed by atoms with Crippen molar-refractivity contribution in [3.8, 4) is 22.6 Å². The quantitative estimate of drug-likeness (QED) is 0.393. The Morgan fingerprint density at radius 3 is 2.60 bits per heavy atom. The van der Waals surface area contributed by atoms with Crippen molar-refractivity contribution in [1.29, 1.82) is 0 Å². The van der Waals surface area contributed by atoms with Gasteiger partial charge in [-0.25, -0.2) is 5.10 Å². The number of piperidine rings is 1. The predicted molar refractivity (Wildman–Crippen MR) is 137 cm³/mol. The van der Waals surface area contributed by atoms with Gasteiger partial charge < -0.3 is 19.9 Å². The molecule has 8 nitrogen and oxygen atoms in total. The van der Waals surface area contributed by atoms with E-state index in [4.69, 9.17) is 22.1 Å². The molecule has 1 atom stereocenters. The number of aromatic nitrogens is 3. The fraction of sp³-hybridized carbons (Fsp3) is 0.192. The first-order valence-electron chi connectivity index (χ1n) is 11.3. The molecule has 178 valence electrons. The highest BCUT2D eigenvalue weighted by atomic mass is 35.5. The lowest BCUT2D eigenvalue weighted by Crippen LogP contribution is -2.40. The van der Waals surface area contributed by atoms with Gasteiger partial charge in [0.25, 0.3) is 5.56 Å². The number of carbonyl (C=O) groups excluding carboxylic acids is 1. The monoisotopic (exact) mass is 489 g/mol. The highest BCUT2D eigenvalue weighted by Crippen LogP contribution is 2.42. The van der Waals surface area contributed by atoms with E-state index in [9.17, 15) is 9.59 Å². The molecule has 9 heteroatoms. The Kier molecular flexibility index (Phi) is 6.05. The van der Waals surface area contributed by atoms with E-state index in [2.05, 4.69) is 16.8 Å². The molecule has 3 heterocycles. The maximum atomic E-state index is 13.0. The number of ether oxygens (including phenoxy) is 1. The van der Waals surface area contributed by atoms with Crippen LogP contribution in [0.5, 0.6) is 11.5 Å². The number of nitrogens with zero attached hydrogens (tertiary/aromatic N) is 3. The summed E-state index contributed by atoms with van der Waals surface area (Å²) in [4.78, 5) is 26.9. The Hall–Kier alpha value is -4.04. The number of H-pyrrole nitrogens is 1. The molecule has 3 N–H and O–H groups in total. The van der Waals surface area contributed by atoms with Crippen LogP contribution in [0.3, 0.4) is 0 Å². The van der Waals surface area contributed by atoms with Gasteiger partial charge >= 0.3 is 0 Å². The fourth-order valence-electron chi connectivity index (χ4n) is 4.67. The highest BCUT2D eigenvalue weighted by Gasteiger charge is 2.30. The molecule has 0 spiro atoms. The number of para-hydroxylation sites is 1. The summed E-state index contributed by atoms with van der Waals surface area (Å²) in [6.07, 6.45) is 2.84. The van der Waals surface area contributed by atoms with E-state index in [0.29, 0.717) is 40.5 Å². The second kappa shape index (κ2) is 9.31. The Balaban J connectivity index is 1.60. The molecule has 1 amide bonds. The molecule has 0 aliphatic carbocycles. The lowest BCUT2D eigenvalue weighted by atomic mass is 10.1. The molecule has 0 saturated carbocycles. The van der Waals surface area contributed by atoms with Gasteiger partial charge in [-0.1, -0.05) is 48.5 Å². The van der Waals surface area contributed by atoms with Crippen molar-refractivity contribution >= 4 is 34.2 Å². The Labute approximate surface area is 206 Å². The number of carbonyl (C=O) groups is 1. The number of benzene rings is 2. The van der Waals surface area contributed by atoms with Crippen LogP contribution < -0.4 is 16.0 Å². The van der Waals surface area contributed by atoms with Crippen LogP contribution in [-0.4, -0.2) is 38.7 Å². The van der Waals surface area contributed by atoms with E-state index in [1.165, 1.54) is 6.08 Å². The van der Waals surface area contributed by atoms with Crippen molar-refractivity contribution in [3.05, 3.63) is 82.8 Å². The Bertz CT molecular complexity index is 1460. The molecule has 1 saturated heterocycles. The molecule has 1 aliphatic rings. The van der Waals surface area contributed by atoms with Crippen LogP contribution in [0.4, 0.5) is 5.82 Å². The van der Waals surface area contributed by atoms with E-state index >= 15 is 0 Å². The first kappa shape index (κ1) is 22.7. The number of anilines is 1. The number of amides is 1. The Morgan fingerprint density at radius 2 is 1.89 bits per heavy atom. The zero-order chi connectivity index (χ0) is 24.5. The van der Waals surface area contributed by atoms with Gasteiger partial charge in [-0.3, -0.25) is 9.59 Å². The number of hydrogen-bond donors (Lipinski definition) is 2. The number of hydrogen-bond acceptors (Lipinski definition) is 5. The summed E-state index contributed by atoms with van der Waals surface area (Å²) >= 11 is 6.97. The zero-order valence-corrected chi connectivity index (χ0v) is 19.7. The van der Waals surface area contributed by atoms with Crippen LogP contribution >= 0.6 is 11.6 Å². The van der Waals surface area contributed by atoms with E-state index in [0.717, 1.165) is 24.2 Å². The van der Waals surface area contributed by atoms with Gasteiger partial charge in [0.2, 0.25) is 5.91 Å². The number of nitrogen functional groups attached to an aromatic ring is 1. The normalized spacial score (nSPS) is 15.8. The average molecular weight is 490 g/mol. The molecule has 4 aromatic rings. The van der Waals surface area contributed by atoms with E-state index < -0.39 is 5.56 Å². The van der Waals surface area contributed by atoms with Crippen LogP contribution in [0, 0.1) is 0 Å².